The summed E-state index contributed by atoms with van der Waals surface area (Å²) in [6.07, 6.45) is 7.28. The molecule has 0 spiro atoms. The van der Waals surface area contributed by atoms with E-state index >= 15 is 0 Å². The highest BCUT2D eigenvalue weighted by atomic mass is 32.1. The smallest absolute Gasteiger partial charge is 0.387 e. The number of rotatable bonds is 6. The molecule has 5 nitrogen and oxygen atoms in total. The van der Waals surface area contributed by atoms with Crippen molar-refractivity contribution in [2.45, 2.75) is 39.2 Å². The molecule has 0 saturated heterocycles. The van der Waals surface area contributed by atoms with Gasteiger partial charge in [0.05, 0.1) is 12.0 Å². The Morgan fingerprint density at radius 3 is 2.90 bits per heavy atom. The van der Waals surface area contributed by atoms with Crippen LogP contribution in [0.15, 0.2) is 23.0 Å². The Balaban J connectivity index is 1.71. The van der Waals surface area contributed by atoms with E-state index in [1.54, 1.807) is 48.6 Å². The van der Waals surface area contributed by atoms with Crippen LogP contribution in [0.3, 0.4) is 0 Å². The molecule has 1 aliphatic carbocycles. The molecule has 3 aromatic rings. The standard InChI is InChI=1S/C21H20F2N2O3S/c1-2-27-14-8-5-6-12(18(14)28-21(22)23)10-11-16-24-19(26)17-13-7-3-4-9-15(13)29-20(17)25-16/h5-6,8,10-11,21H,2-4,7,9H2,1H3,(H,24,25,26)/b11-10+. The van der Waals surface area contributed by atoms with Crippen molar-refractivity contribution in [2.75, 3.05) is 6.61 Å². The summed E-state index contributed by atoms with van der Waals surface area (Å²) < 4.78 is 35.8. The first-order chi connectivity index (χ1) is 14.1. The number of thiophene rings is 1. The topological polar surface area (TPSA) is 64.2 Å². The highest BCUT2D eigenvalue weighted by Crippen LogP contribution is 2.35. The predicted molar refractivity (Wildman–Crippen MR) is 110 cm³/mol. The molecule has 8 heteroatoms. The number of benzene rings is 1. The van der Waals surface area contributed by atoms with Gasteiger partial charge in [-0.3, -0.25) is 4.79 Å². The molecule has 0 unspecified atom stereocenters. The molecule has 0 bridgehead atoms. The summed E-state index contributed by atoms with van der Waals surface area (Å²) in [5.41, 5.74) is 1.36. The molecule has 1 aromatic carbocycles. The summed E-state index contributed by atoms with van der Waals surface area (Å²) in [5.74, 6) is 0.555. The van der Waals surface area contributed by atoms with Crippen LogP contribution in [0.2, 0.25) is 0 Å². The van der Waals surface area contributed by atoms with E-state index in [1.165, 1.54) is 4.88 Å². The molecule has 152 valence electrons. The van der Waals surface area contributed by atoms with Gasteiger partial charge >= 0.3 is 6.61 Å². The Hall–Kier alpha value is -2.74. The number of halogens is 2. The number of nitrogens with zero attached hydrogens (tertiary/aromatic N) is 1. The maximum absolute atomic E-state index is 12.9. The van der Waals surface area contributed by atoms with Crippen LogP contribution in [0.4, 0.5) is 8.78 Å². The van der Waals surface area contributed by atoms with E-state index < -0.39 is 6.61 Å². The van der Waals surface area contributed by atoms with Crippen LogP contribution in [-0.4, -0.2) is 23.2 Å². The lowest BCUT2D eigenvalue weighted by Gasteiger charge is -2.13. The fourth-order valence-electron chi connectivity index (χ4n) is 3.58. The molecule has 29 heavy (non-hydrogen) atoms. The van der Waals surface area contributed by atoms with Gasteiger partial charge in [0.1, 0.15) is 10.7 Å². The van der Waals surface area contributed by atoms with Gasteiger partial charge in [-0.25, -0.2) is 4.98 Å². The van der Waals surface area contributed by atoms with E-state index in [2.05, 4.69) is 14.7 Å². The second kappa shape index (κ2) is 8.32. The molecule has 2 heterocycles. The first-order valence-electron chi connectivity index (χ1n) is 9.50. The normalized spacial score (nSPS) is 13.9. The Bertz CT molecular complexity index is 1120. The van der Waals surface area contributed by atoms with Crippen molar-refractivity contribution in [3.8, 4) is 11.5 Å². The molecular weight excluding hydrogens is 398 g/mol. The van der Waals surface area contributed by atoms with E-state index in [9.17, 15) is 13.6 Å². The Morgan fingerprint density at radius 2 is 2.10 bits per heavy atom. The van der Waals surface area contributed by atoms with Gasteiger partial charge in [-0.1, -0.05) is 12.1 Å². The summed E-state index contributed by atoms with van der Waals surface area (Å²) in [5, 5.41) is 0.682. The van der Waals surface area contributed by atoms with Crippen molar-refractivity contribution in [1.82, 2.24) is 9.97 Å². The fraction of sp³-hybridized carbons (Fsp3) is 0.333. The number of H-pyrrole nitrogens is 1. The van der Waals surface area contributed by atoms with Crippen LogP contribution in [0.5, 0.6) is 11.5 Å². The van der Waals surface area contributed by atoms with Crippen LogP contribution in [0, 0.1) is 0 Å². The highest BCUT2D eigenvalue weighted by Gasteiger charge is 2.19. The third-order valence-electron chi connectivity index (χ3n) is 4.78. The lowest BCUT2D eigenvalue weighted by atomic mass is 9.97. The molecular formula is C21H20F2N2O3S. The number of para-hydroxylation sites is 1. The van der Waals surface area contributed by atoms with Crippen molar-refractivity contribution < 1.29 is 18.3 Å². The summed E-state index contributed by atoms with van der Waals surface area (Å²) >= 11 is 1.56. The van der Waals surface area contributed by atoms with Gasteiger partial charge in [-0.2, -0.15) is 8.78 Å². The minimum absolute atomic E-state index is 0.0457. The Kier molecular flexibility index (Phi) is 5.62. The summed E-state index contributed by atoms with van der Waals surface area (Å²) in [4.78, 5) is 21.9. The van der Waals surface area contributed by atoms with E-state index in [0.29, 0.717) is 28.2 Å². The molecule has 2 aromatic heterocycles. The average Bonchev–Trinajstić information content (AvgIpc) is 3.07. The van der Waals surface area contributed by atoms with E-state index in [1.807, 2.05) is 0 Å². The monoisotopic (exact) mass is 418 g/mol. The minimum atomic E-state index is -2.98. The SMILES string of the molecule is CCOc1cccc(/C=C/c2nc3sc4c(c3c(=O)[nH]2)CCCC4)c1OC(F)F. The zero-order chi connectivity index (χ0) is 20.4. The van der Waals surface area contributed by atoms with Gasteiger partial charge in [0, 0.05) is 10.4 Å². The van der Waals surface area contributed by atoms with Crippen molar-refractivity contribution in [2.24, 2.45) is 0 Å². The Morgan fingerprint density at radius 1 is 1.28 bits per heavy atom. The highest BCUT2D eigenvalue weighted by molar-refractivity contribution is 7.18. The van der Waals surface area contributed by atoms with Crippen LogP contribution >= 0.6 is 11.3 Å². The number of hydrogen-bond donors (Lipinski definition) is 1. The van der Waals surface area contributed by atoms with Crippen molar-refractivity contribution in [3.63, 3.8) is 0 Å². The van der Waals surface area contributed by atoms with Crippen LogP contribution in [-0.2, 0) is 12.8 Å². The van der Waals surface area contributed by atoms with Gasteiger partial charge in [-0.15, -0.1) is 11.3 Å². The minimum Gasteiger partial charge on any atom is -0.490 e. The molecule has 0 aliphatic heterocycles. The zero-order valence-corrected chi connectivity index (χ0v) is 16.7. The number of aromatic nitrogens is 2. The quantitative estimate of drug-likeness (QED) is 0.610. The maximum atomic E-state index is 12.9. The number of aryl methyl sites for hydroxylation is 2. The zero-order valence-electron chi connectivity index (χ0n) is 15.8. The van der Waals surface area contributed by atoms with Gasteiger partial charge in [-0.05, 0) is 56.4 Å². The first kappa shape index (κ1) is 19.6. The summed E-state index contributed by atoms with van der Waals surface area (Å²) in [6.45, 7) is -0.893. The van der Waals surface area contributed by atoms with Crippen molar-refractivity contribution >= 4 is 33.7 Å². The first-order valence-corrected chi connectivity index (χ1v) is 10.3. The molecule has 4 rings (SSSR count). The molecule has 1 aliphatic rings. The fourth-order valence-corrected chi connectivity index (χ4v) is 4.85. The molecule has 0 amide bonds. The average molecular weight is 418 g/mol. The summed E-state index contributed by atoms with van der Waals surface area (Å²) in [6, 6.07) is 4.90. The third-order valence-corrected chi connectivity index (χ3v) is 5.97. The van der Waals surface area contributed by atoms with Gasteiger partial charge in [0.25, 0.3) is 5.56 Å². The number of aromatic amines is 1. The van der Waals surface area contributed by atoms with Crippen LogP contribution < -0.4 is 15.0 Å². The largest absolute Gasteiger partial charge is 0.490 e. The molecule has 0 fully saturated rings. The second-order valence-corrected chi connectivity index (χ2v) is 7.75. The number of ether oxygens (including phenoxy) is 2. The molecule has 1 N–H and O–H groups in total. The Labute approximate surface area is 170 Å². The lowest BCUT2D eigenvalue weighted by Crippen LogP contribution is -2.11. The number of fused-ring (bicyclic) bond motifs is 3. The van der Waals surface area contributed by atoms with E-state index in [-0.39, 0.29) is 17.1 Å². The van der Waals surface area contributed by atoms with Gasteiger partial charge in [0.2, 0.25) is 0 Å². The second-order valence-electron chi connectivity index (χ2n) is 6.66. The van der Waals surface area contributed by atoms with Crippen molar-refractivity contribution in [1.29, 1.82) is 0 Å². The van der Waals surface area contributed by atoms with Gasteiger partial charge < -0.3 is 14.5 Å². The van der Waals surface area contributed by atoms with Crippen LogP contribution in [0.25, 0.3) is 22.4 Å². The number of alkyl halides is 2. The molecule has 0 atom stereocenters. The summed E-state index contributed by atoms with van der Waals surface area (Å²) in [7, 11) is 0. The lowest BCUT2D eigenvalue weighted by molar-refractivity contribution is -0.0515. The molecule has 0 saturated carbocycles. The number of hydrogen-bond acceptors (Lipinski definition) is 5. The predicted octanol–water partition coefficient (Wildman–Crippen LogP) is 5.03. The number of nitrogens with one attached hydrogen (secondary N) is 1. The maximum Gasteiger partial charge on any atom is 0.387 e. The third kappa shape index (κ3) is 4.03. The van der Waals surface area contributed by atoms with Crippen LogP contribution in [0.1, 0.15) is 41.6 Å². The van der Waals surface area contributed by atoms with Crippen molar-refractivity contribution in [3.05, 3.63) is 50.4 Å². The van der Waals surface area contributed by atoms with E-state index in [4.69, 9.17) is 4.74 Å². The van der Waals surface area contributed by atoms with Gasteiger partial charge in [0.15, 0.2) is 11.5 Å². The molecule has 0 radical (unpaired) electrons. The van der Waals surface area contributed by atoms with E-state index in [0.717, 1.165) is 31.2 Å².